The van der Waals surface area contributed by atoms with Crippen LogP contribution in [0.3, 0.4) is 0 Å². The lowest BCUT2D eigenvalue weighted by atomic mass is 9.94. The third-order valence-electron chi connectivity index (χ3n) is 4.95. The van der Waals surface area contributed by atoms with Gasteiger partial charge in [-0.05, 0) is 58.6 Å². The fourth-order valence-electron chi connectivity index (χ4n) is 3.19. The molecule has 0 saturated carbocycles. The van der Waals surface area contributed by atoms with Gasteiger partial charge in [-0.2, -0.15) is 0 Å². The van der Waals surface area contributed by atoms with Gasteiger partial charge in [0.15, 0.2) is 0 Å². The van der Waals surface area contributed by atoms with Gasteiger partial charge in [-0.3, -0.25) is 14.5 Å². The fraction of sp³-hybridized carbons (Fsp3) is 0.560. The van der Waals surface area contributed by atoms with E-state index >= 15 is 0 Å². The molecule has 0 bridgehead atoms. The van der Waals surface area contributed by atoms with E-state index in [4.69, 9.17) is 11.2 Å². The van der Waals surface area contributed by atoms with Crippen LogP contribution in [0, 0.1) is 25.3 Å². The van der Waals surface area contributed by atoms with Gasteiger partial charge in [0.2, 0.25) is 5.91 Å². The Balaban J connectivity index is 3.41. The minimum atomic E-state index is -1.04. The summed E-state index contributed by atoms with van der Waals surface area (Å²) in [5, 5.41) is 5.51. The molecule has 1 rings (SSSR count). The second-order valence-electron chi connectivity index (χ2n) is 9.27. The minimum Gasteiger partial charge on any atom is -0.444 e. The van der Waals surface area contributed by atoms with Crippen LogP contribution in [-0.2, 0) is 14.3 Å². The number of nitrogens with zero attached hydrogens (tertiary/aromatic N) is 1. The SMILES string of the molecule is C#CN(C(=O)C(NC(=O)OC(C)(C)C)C(C)CC)C(C(=O)NC(C)C)c1ccccc1C. The van der Waals surface area contributed by atoms with Crippen molar-refractivity contribution in [1.82, 2.24) is 15.5 Å². The Morgan fingerprint density at radius 1 is 1.12 bits per heavy atom. The average Bonchev–Trinajstić information content (AvgIpc) is 2.68. The molecular weight excluding hydrogens is 406 g/mol. The molecule has 0 aliphatic heterocycles. The Kier molecular flexibility index (Phi) is 9.77. The van der Waals surface area contributed by atoms with Gasteiger partial charge in [0.25, 0.3) is 5.91 Å². The van der Waals surface area contributed by atoms with Crippen LogP contribution in [0.2, 0.25) is 0 Å². The summed E-state index contributed by atoms with van der Waals surface area (Å²) < 4.78 is 5.34. The Bertz CT molecular complexity index is 851. The highest BCUT2D eigenvalue weighted by Crippen LogP contribution is 2.26. The van der Waals surface area contributed by atoms with Crippen LogP contribution in [0.4, 0.5) is 4.79 Å². The first-order valence-electron chi connectivity index (χ1n) is 11.0. The molecule has 0 spiro atoms. The van der Waals surface area contributed by atoms with Gasteiger partial charge in [-0.1, -0.05) is 51.0 Å². The van der Waals surface area contributed by atoms with Gasteiger partial charge in [-0.15, -0.1) is 0 Å². The first-order valence-corrected chi connectivity index (χ1v) is 11.0. The van der Waals surface area contributed by atoms with Crippen LogP contribution in [-0.4, -0.2) is 40.5 Å². The van der Waals surface area contributed by atoms with Crippen LogP contribution in [0.25, 0.3) is 0 Å². The summed E-state index contributed by atoms with van der Waals surface area (Å²) in [6, 6.07) is 7.53. The maximum Gasteiger partial charge on any atom is 0.408 e. The molecule has 0 fully saturated rings. The molecule has 176 valence electrons. The van der Waals surface area contributed by atoms with E-state index in [1.165, 1.54) is 0 Å². The van der Waals surface area contributed by atoms with E-state index in [0.717, 1.165) is 10.5 Å². The third kappa shape index (κ3) is 7.60. The molecule has 7 heteroatoms. The summed E-state index contributed by atoms with van der Waals surface area (Å²) in [6.07, 6.45) is 5.67. The highest BCUT2D eigenvalue weighted by atomic mass is 16.6. The van der Waals surface area contributed by atoms with E-state index < -0.39 is 29.7 Å². The molecule has 0 heterocycles. The van der Waals surface area contributed by atoms with Crippen molar-refractivity contribution in [2.75, 3.05) is 0 Å². The molecule has 3 amide bonds. The van der Waals surface area contributed by atoms with E-state index in [-0.39, 0.29) is 17.9 Å². The van der Waals surface area contributed by atoms with Gasteiger partial charge in [0, 0.05) is 12.1 Å². The Labute approximate surface area is 192 Å². The van der Waals surface area contributed by atoms with Crippen LogP contribution in [0.1, 0.15) is 72.1 Å². The largest absolute Gasteiger partial charge is 0.444 e. The zero-order valence-electron chi connectivity index (χ0n) is 20.5. The van der Waals surface area contributed by atoms with Crippen LogP contribution in [0.5, 0.6) is 0 Å². The molecule has 0 radical (unpaired) electrons. The van der Waals surface area contributed by atoms with Crippen molar-refractivity contribution < 1.29 is 19.1 Å². The number of alkyl carbamates (subject to hydrolysis) is 1. The zero-order chi connectivity index (χ0) is 24.6. The quantitative estimate of drug-likeness (QED) is 0.471. The van der Waals surface area contributed by atoms with Crippen molar-refractivity contribution in [3.63, 3.8) is 0 Å². The number of terminal acetylenes is 1. The van der Waals surface area contributed by atoms with Gasteiger partial charge in [0.1, 0.15) is 17.7 Å². The van der Waals surface area contributed by atoms with E-state index in [1.807, 2.05) is 46.8 Å². The number of hydrogen-bond donors (Lipinski definition) is 2. The Hall–Kier alpha value is -3.01. The maximum absolute atomic E-state index is 13.6. The van der Waals surface area contributed by atoms with E-state index in [0.29, 0.717) is 12.0 Å². The number of ether oxygens (including phenoxy) is 1. The van der Waals surface area contributed by atoms with Crippen LogP contribution < -0.4 is 10.6 Å². The third-order valence-corrected chi connectivity index (χ3v) is 4.95. The summed E-state index contributed by atoms with van der Waals surface area (Å²) in [6.45, 7) is 14.5. The molecule has 7 nitrogen and oxygen atoms in total. The zero-order valence-corrected chi connectivity index (χ0v) is 20.5. The predicted molar refractivity (Wildman–Crippen MR) is 125 cm³/mol. The molecule has 1 aromatic carbocycles. The number of benzene rings is 1. The normalized spacial score (nSPS) is 14.0. The van der Waals surface area contributed by atoms with Crippen LogP contribution >= 0.6 is 0 Å². The average molecular weight is 444 g/mol. The topological polar surface area (TPSA) is 87.7 Å². The van der Waals surface area contributed by atoms with Crippen molar-refractivity contribution in [3.8, 4) is 12.5 Å². The van der Waals surface area contributed by atoms with E-state index in [9.17, 15) is 14.4 Å². The molecule has 3 unspecified atom stereocenters. The first kappa shape index (κ1) is 27.0. The van der Waals surface area contributed by atoms with Gasteiger partial charge in [0.05, 0.1) is 0 Å². The molecule has 0 saturated heterocycles. The maximum atomic E-state index is 13.6. The summed E-state index contributed by atoms with van der Waals surface area (Å²) in [4.78, 5) is 40.3. The molecular formula is C25H37N3O4. The summed E-state index contributed by atoms with van der Waals surface area (Å²) in [7, 11) is 0. The highest BCUT2D eigenvalue weighted by Gasteiger charge is 2.38. The number of amides is 3. The highest BCUT2D eigenvalue weighted by molar-refractivity contribution is 5.93. The van der Waals surface area contributed by atoms with Crippen molar-refractivity contribution >= 4 is 17.9 Å². The van der Waals surface area contributed by atoms with E-state index in [2.05, 4.69) is 16.7 Å². The molecule has 32 heavy (non-hydrogen) atoms. The molecule has 1 aromatic rings. The lowest BCUT2D eigenvalue weighted by Crippen LogP contribution is -2.54. The summed E-state index contributed by atoms with van der Waals surface area (Å²) in [5.74, 6) is -1.17. The number of carbonyl (C=O) groups excluding carboxylic acids is 3. The van der Waals surface area contributed by atoms with Crippen molar-refractivity contribution in [2.24, 2.45) is 5.92 Å². The second-order valence-corrected chi connectivity index (χ2v) is 9.27. The Morgan fingerprint density at radius 2 is 1.72 bits per heavy atom. The van der Waals surface area contributed by atoms with Crippen molar-refractivity contribution in [3.05, 3.63) is 35.4 Å². The molecule has 3 atom stereocenters. The van der Waals surface area contributed by atoms with Gasteiger partial charge in [-0.25, -0.2) is 4.79 Å². The smallest absolute Gasteiger partial charge is 0.408 e. The number of hydrogen-bond acceptors (Lipinski definition) is 4. The number of nitrogens with one attached hydrogen (secondary N) is 2. The van der Waals surface area contributed by atoms with Gasteiger partial charge < -0.3 is 15.4 Å². The lowest BCUT2D eigenvalue weighted by Gasteiger charge is -2.33. The molecule has 2 N–H and O–H groups in total. The van der Waals surface area contributed by atoms with E-state index in [1.54, 1.807) is 32.9 Å². The summed E-state index contributed by atoms with van der Waals surface area (Å²) >= 11 is 0. The first-order chi connectivity index (χ1) is 14.8. The van der Waals surface area contributed by atoms with Gasteiger partial charge >= 0.3 is 6.09 Å². The number of rotatable bonds is 8. The monoisotopic (exact) mass is 443 g/mol. The molecule has 0 aromatic heterocycles. The van der Waals surface area contributed by atoms with Crippen LogP contribution in [0.15, 0.2) is 24.3 Å². The Morgan fingerprint density at radius 3 is 2.19 bits per heavy atom. The number of carbonyl (C=O) groups is 3. The standard InChI is InChI=1S/C25H37N3O4/c1-10-17(5)20(27-24(31)32-25(7,8)9)23(30)28(11-2)21(22(29)26-16(3)4)19-15-13-12-14-18(19)6/h2,12-17,20-21H,10H2,1,3-9H3,(H,26,29)(H,27,31). The fourth-order valence-corrected chi connectivity index (χ4v) is 3.19. The second kappa shape index (κ2) is 11.6. The molecule has 0 aliphatic rings. The predicted octanol–water partition coefficient (Wildman–Crippen LogP) is 3.92. The lowest BCUT2D eigenvalue weighted by molar-refractivity contribution is -0.139. The minimum absolute atomic E-state index is 0.144. The van der Waals surface area contributed by atoms with Crippen molar-refractivity contribution in [2.45, 2.75) is 85.5 Å². The number of aryl methyl sites for hydroxylation is 1. The van der Waals surface area contributed by atoms with Crippen molar-refractivity contribution in [1.29, 1.82) is 0 Å². The summed E-state index contributed by atoms with van der Waals surface area (Å²) in [5.41, 5.74) is 0.724. The molecule has 0 aliphatic carbocycles.